The van der Waals surface area contributed by atoms with Crippen LogP contribution >= 0.6 is 7.82 Å². The summed E-state index contributed by atoms with van der Waals surface area (Å²) in [7, 11) is -4.78. The number of hydrogen-bond acceptors (Lipinski definition) is 7. The topological polar surface area (TPSA) is 168 Å². The van der Waals surface area contributed by atoms with Gasteiger partial charge in [0, 0.05) is 11.9 Å². The lowest BCUT2D eigenvalue weighted by Crippen LogP contribution is -2.50. The SMILES string of the molecule is O=C1NC(=O)n2cccc2C1[C@@H]1O[C@H](COP(=O)(O)O)[C@@H](O)[C@H]1O. The molecule has 3 rings (SSSR count). The van der Waals surface area contributed by atoms with Crippen LogP contribution in [-0.2, 0) is 18.6 Å². The third-order valence-electron chi connectivity index (χ3n) is 3.97. The minimum Gasteiger partial charge on any atom is -0.388 e. The van der Waals surface area contributed by atoms with Gasteiger partial charge in [0.25, 0.3) is 0 Å². The summed E-state index contributed by atoms with van der Waals surface area (Å²) in [6.07, 6.45) is -4.06. The third kappa shape index (κ3) is 3.03. The van der Waals surface area contributed by atoms with E-state index in [0.29, 0.717) is 0 Å². The second kappa shape index (κ2) is 6.05. The van der Waals surface area contributed by atoms with E-state index < -0.39 is 56.7 Å². The number of fused-ring (bicyclic) bond motifs is 1. The van der Waals surface area contributed by atoms with Gasteiger partial charge in [0.05, 0.1) is 6.61 Å². The van der Waals surface area contributed by atoms with Gasteiger partial charge in [-0.05, 0) is 12.1 Å². The predicted molar refractivity (Wildman–Crippen MR) is 74.8 cm³/mol. The highest BCUT2D eigenvalue weighted by Crippen LogP contribution is 2.39. The van der Waals surface area contributed by atoms with Crippen molar-refractivity contribution in [1.82, 2.24) is 9.88 Å². The van der Waals surface area contributed by atoms with Crippen LogP contribution in [0.15, 0.2) is 18.3 Å². The summed E-state index contributed by atoms with van der Waals surface area (Å²) in [5.74, 6) is -1.79. The molecule has 0 aromatic carbocycles. The van der Waals surface area contributed by atoms with Gasteiger partial charge in [-0.3, -0.25) is 19.2 Å². The lowest BCUT2D eigenvalue weighted by molar-refractivity contribution is -0.127. The molecule has 12 heteroatoms. The van der Waals surface area contributed by atoms with Crippen molar-refractivity contribution in [1.29, 1.82) is 0 Å². The van der Waals surface area contributed by atoms with Crippen LogP contribution in [0, 0.1) is 0 Å². The Kier molecular flexibility index (Phi) is 4.34. The number of nitrogens with one attached hydrogen (secondary N) is 1. The molecule has 0 aliphatic carbocycles. The molecule has 11 nitrogen and oxygen atoms in total. The second-order valence-electron chi connectivity index (χ2n) is 5.48. The third-order valence-corrected chi connectivity index (χ3v) is 4.45. The molecule has 5 N–H and O–H groups in total. The molecule has 1 saturated heterocycles. The molecule has 24 heavy (non-hydrogen) atoms. The number of ether oxygens (including phenoxy) is 1. The number of aliphatic hydroxyl groups is 2. The molecule has 1 unspecified atom stereocenters. The number of aliphatic hydroxyl groups excluding tert-OH is 2. The number of phosphoric acid groups is 1. The minimum atomic E-state index is -4.78. The fraction of sp³-hybridized carbons (Fsp3) is 0.500. The average molecular weight is 362 g/mol. The van der Waals surface area contributed by atoms with Gasteiger partial charge >= 0.3 is 13.9 Å². The van der Waals surface area contributed by atoms with Gasteiger partial charge in [-0.2, -0.15) is 0 Å². The van der Waals surface area contributed by atoms with Crippen molar-refractivity contribution in [3.05, 3.63) is 24.0 Å². The van der Waals surface area contributed by atoms with Gasteiger partial charge in [-0.25, -0.2) is 9.36 Å². The van der Waals surface area contributed by atoms with Crippen molar-refractivity contribution in [2.24, 2.45) is 0 Å². The first-order valence-electron chi connectivity index (χ1n) is 6.93. The number of nitrogens with zero attached hydrogens (tertiary/aromatic N) is 1. The van der Waals surface area contributed by atoms with Crippen LogP contribution in [0.2, 0.25) is 0 Å². The fourth-order valence-electron chi connectivity index (χ4n) is 2.89. The van der Waals surface area contributed by atoms with Crippen LogP contribution in [0.25, 0.3) is 0 Å². The summed E-state index contributed by atoms with van der Waals surface area (Å²) in [5, 5.41) is 22.2. The lowest BCUT2D eigenvalue weighted by Gasteiger charge is -2.29. The summed E-state index contributed by atoms with van der Waals surface area (Å²) >= 11 is 0. The molecule has 1 fully saturated rings. The first-order valence-corrected chi connectivity index (χ1v) is 8.46. The normalized spacial score (nSPS) is 33.4. The van der Waals surface area contributed by atoms with E-state index in [0.717, 1.165) is 0 Å². The number of aromatic nitrogens is 1. The van der Waals surface area contributed by atoms with E-state index in [1.54, 1.807) is 0 Å². The van der Waals surface area contributed by atoms with Crippen molar-refractivity contribution in [2.45, 2.75) is 30.3 Å². The Labute approximate surface area is 135 Å². The quantitative estimate of drug-likeness (QED) is 0.391. The summed E-state index contributed by atoms with van der Waals surface area (Å²) in [4.78, 5) is 41.3. The smallest absolute Gasteiger partial charge is 0.388 e. The number of carbonyl (C=O) groups is 2. The molecule has 0 bridgehead atoms. The van der Waals surface area contributed by atoms with Crippen molar-refractivity contribution in [3.8, 4) is 0 Å². The molecule has 0 spiro atoms. The molecule has 2 aliphatic heterocycles. The Hall–Kier alpha value is -1.59. The van der Waals surface area contributed by atoms with Gasteiger partial charge < -0.3 is 24.7 Å². The van der Waals surface area contributed by atoms with Crippen molar-refractivity contribution in [3.63, 3.8) is 0 Å². The molecule has 2 aliphatic rings. The highest BCUT2D eigenvalue weighted by atomic mass is 31.2. The van der Waals surface area contributed by atoms with Crippen LogP contribution in [-0.4, -0.2) is 67.5 Å². The highest BCUT2D eigenvalue weighted by Gasteiger charge is 2.51. The maximum atomic E-state index is 12.2. The summed E-state index contributed by atoms with van der Waals surface area (Å²) < 4.78 is 21.6. The van der Waals surface area contributed by atoms with E-state index in [1.807, 2.05) is 0 Å². The molecule has 0 radical (unpaired) electrons. The zero-order chi connectivity index (χ0) is 17.6. The van der Waals surface area contributed by atoms with E-state index in [2.05, 4.69) is 9.84 Å². The maximum Gasteiger partial charge on any atom is 0.469 e. The molecule has 1 aromatic heterocycles. The van der Waals surface area contributed by atoms with Crippen LogP contribution in [0.3, 0.4) is 0 Å². The van der Waals surface area contributed by atoms with Gasteiger partial charge in [-0.1, -0.05) is 0 Å². The van der Waals surface area contributed by atoms with E-state index in [1.165, 1.54) is 22.9 Å². The number of amides is 2. The molecule has 132 valence electrons. The Balaban J connectivity index is 1.82. The molecule has 0 saturated carbocycles. The van der Waals surface area contributed by atoms with Gasteiger partial charge in [-0.15, -0.1) is 0 Å². The van der Waals surface area contributed by atoms with Crippen LogP contribution in [0.4, 0.5) is 4.79 Å². The maximum absolute atomic E-state index is 12.2. The Bertz CT molecular complexity index is 713. The largest absolute Gasteiger partial charge is 0.469 e. The molecular weight excluding hydrogens is 347 g/mol. The molecule has 5 atom stereocenters. The second-order valence-corrected chi connectivity index (χ2v) is 6.72. The molecular formula is C12H15N2O9P. The average Bonchev–Trinajstić information content (AvgIpc) is 3.05. The van der Waals surface area contributed by atoms with Crippen molar-refractivity contribution >= 4 is 19.8 Å². The Morgan fingerprint density at radius 2 is 2.00 bits per heavy atom. The number of rotatable bonds is 4. The van der Waals surface area contributed by atoms with E-state index in [-0.39, 0.29) is 5.69 Å². The fourth-order valence-corrected chi connectivity index (χ4v) is 3.23. The van der Waals surface area contributed by atoms with Gasteiger partial charge in [0.2, 0.25) is 5.91 Å². The zero-order valence-electron chi connectivity index (χ0n) is 12.1. The van der Waals surface area contributed by atoms with Gasteiger partial charge in [0.1, 0.15) is 30.3 Å². The van der Waals surface area contributed by atoms with E-state index >= 15 is 0 Å². The lowest BCUT2D eigenvalue weighted by atomic mass is 9.91. The number of carbonyl (C=O) groups excluding carboxylic acids is 2. The highest BCUT2D eigenvalue weighted by molar-refractivity contribution is 7.46. The Morgan fingerprint density at radius 3 is 2.67 bits per heavy atom. The monoisotopic (exact) mass is 362 g/mol. The molecule has 1 aromatic rings. The standard InChI is InChI=1S/C12H15N2O9P/c15-8-6(4-22-24(19,20)21)23-10(9(8)16)7-5-2-1-3-14(5)12(18)13-11(7)17/h1-3,6-10,15-16H,4H2,(H,13,17,18)(H2,19,20,21)/t6-,7?,8-,9-,10+/m1/s1. The molecule has 2 amide bonds. The summed E-state index contributed by atoms with van der Waals surface area (Å²) in [5.41, 5.74) is 0.275. The first-order chi connectivity index (χ1) is 11.2. The summed E-state index contributed by atoms with van der Waals surface area (Å²) in [6, 6.07) is 2.39. The van der Waals surface area contributed by atoms with Crippen molar-refractivity contribution < 1.29 is 43.4 Å². The zero-order valence-corrected chi connectivity index (χ0v) is 12.9. The van der Waals surface area contributed by atoms with Crippen LogP contribution < -0.4 is 5.32 Å². The Morgan fingerprint density at radius 1 is 1.29 bits per heavy atom. The number of hydrogen-bond donors (Lipinski definition) is 5. The van der Waals surface area contributed by atoms with E-state index in [9.17, 15) is 24.4 Å². The first kappa shape index (κ1) is 17.2. The van der Waals surface area contributed by atoms with E-state index in [4.69, 9.17) is 14.5 Å². The minimum absolute atomic E-state index is 0.275. The van der Waals surface area contributed by atoms with Crippen LogP contribution in [0.1, 0.15) is 11.6 Å². The predicted octanol–water partition coefficient (Wildman–Crippen LogP) is -1.73. The van der Waals surface area contributed by atoms with Crippen molar-refractivity contribution in [2.75, 3.05) is 6.61 Å². The molecule has 3 heterocycles. The number of phosphoric ester groups is 1. The number of imide groups is 1. The van der Waals surface area contributed by atoms with Crippen LogP contribution in [0.5, 0.6) is 0 Å². The summed E-state index contributed by atoms with van der Waals surface area (Å²) in [6.45, 7) is -0.673. The van der Waals surface area contributed by atoms with Gasteiger partial charge in [0.15, 0.2) is 0 Å².